The molecular formula is C17H17BrN2O5S. The number of nitro benzene ring substituents is 1. The van der Waals surface area contributed by atoms with Gasteiger partial charge in [-0.05, 0) is 41.9 Å². The Labute approximate surface area is 162 Å². The summed E-state index contributed by atoms with van der Waals surface area (Å²) < 4.78 is 5.91. The van der Waals surface area contributed by atoms with Crippen molar-refractivity contribution in [2.45, 2.75) is 32.4 Å². The molecule has 0 aliphatic rings. The van der Waals surface area contributed by atoms with E-state index in [0.717, 1.165) is 3.79 Å². The second-order valence-electron chi connectivity index (χ2n) is 5.69. The number of carbonyl (C=O) groups is 2. The molecule has 1 amide bonds. The number of benzene rings is 1. The first-order valence-corrected chi connectivity index (χ1v) is 9.38. The number of nitro groups is 1. The first-order valence-electron chi connectivity index (χ1n) is 7.77. The summed E-state index contributed by atoms with van der Waals surface area (Å²) >= 11 is 4.51. The largest absolute Gasteiger partial charge is 0.463 e. The van der Waals surface area contributed by atoms with Crippen LogP contribution in [0.3, 0.4) is 0 Å². The SMILES string of the molecule is CC(C)OC(=O)CC(NC(=O)c1ccc(Br)s1)c1ccccc1[N+](=O)[O-]. The molecule has 2 rings (SSSR count). The summed E-state index contributed by atoms with van der Waals surface area (Å²) in [6.45, 7) is 3.42. The molecule has 2 aromatic rings. The maximum absolute atomic E-state index is 12.5. The van der Waals surface area contributed by atoms with Gasteiger partial charge in [0.1, 0.15) is 0 Å². The van der Waals surface area contributed by atoms with Gasteiger partial charge in [-0.15, -0.1) is 11.3 Å². The zero-order valence-corrected chi connectivity index (χ0v) is 16.5. The topological polar surface area (TPSA) is 98.5 Å². The molecule has 1 N–H and O–H groups in total. The van der Waals surface area contributed by atoms with Crippen molar-refractivity contribution in [2.75, 3.05) is 0 Å². The number of ether oxygens (including phenoxy) is 1. The van der Waals surface area contributed by atoms with Crippen molar-refractivity contribution < 1.29 is 19.2 Å². The van der Waals surface area contributed by atoms with Crippen LogP contribution < -0.4 is 5.32 Å². The molecule has 26 heavy (non-hydrogen) atoms. The van der Waals surface area contributed by atoms with Crippen molar-refractivity contribution >= 4 is 44.8 Å². The number of halogens is 1. The second-order valence-corrected chi connectivity index (χ2v) is 8.15. The monoisotopic (exact) mass is 440 g/mol. The van der Waals surface area contributed by atoms with Gasteiger partial charge in [0.05, 0.1) is 37.7 Å². The predicted octanol–water partition coefficient (Wildman–Crippen LogP) is 4.23. The highest BCUT2D eigenvalue weighted by Crippen LogP contribution is 2.29. The van der Waals surface area contributed by atoms with Crippen molar-refractivity contribution in [3.05, 3.63) is 60.7 Å². The van der Waals surface area contributed by atoms with Crippen LogP contribution in [0, 0.1) is 10.1 Å². The van der Waals surface area contributed by atoms with Gasteiger partial charge in [-0.2, -0.15) is 0 Å². The minimum absolute atomic E-state index is 0.164. The van der Waals surface area contributed by atoms with Gasteiger partial charge in [0.15, 0.2) is 0 Å². The number of thiophene rings is 1. The Bertz CT molecular complexity index is 821. The summed E-state index contributed by atoms with van der Waals surface area (Å²) in [7, 11) is 0. The van der Waals surface area contributed by atoms with E-state index in [9.17, 15) is 19.7 Å². The van der Waals surface area contributed by atoms with Gasteiger partial charge >= 0.3 is 5.97 Å². The van der Waals surface area contributed by atoms with Gasteiger partial charge in [0, 0.05) is 6.07 Å². The third-order valence-electron chi connectivity index (χ3n) is 3.35. The predicted molar refractivity (Wildman–Crippen MR) is 101 cm³/mol. The normalized spacial score (nSPS) is 11.8. The highest BCUT2D eigenvalue weighted by molar-refractivity contribution is 9.11. The summed E-state index contributed by atoms with van der Waals surface area (Å²) in [5, 5.41) is 14.0. The lowest BCUT2D eigenvalue weighted by Crippen LogP contribution is -2.31. The fraction of sp³-hybridized carbons (Fsp3) is 0.294. The molecule has 1 aromatic heterocycles. The molecule has 7 nitrogen and oxygen atoms in total. The quantitative estimate of drug-likeness (QED) is 0.394. The van der Waals surface area contributed by atoms with Crippen LogP contribution in [0.2, 0.25) is 0 Å². The molecule has 0 spiro atoms. The van der Waals surface area contributed by atoms with E-state index in [0.29, 0.717) is 4.88 Å². The molecule has 0 fully saturated rings. The number of amides is 1. The molecule has 0 radical (unpaired) electrons. The van der Waals surface area contributed by atoms with Gasteiger partial charge in [-0.1, -0.05) is 18.2 Å². The van der Waals surface area contributed by atoms with Crippen molar-refractivity contribution in [3.8, 4) is 0 Å². The van der Waals surface area contributed by atoms with Gasteiger partial charge in [0.25, 0.3) is 11.6 Å². The number of nitrogens with zero attached hydrogens (tertiary/aromatic N) is 1. The first kappa shape index (κ1) is 20.1. The zero-order valence-electron chi connectivity index (χ0n) is 14.1. The molecule has 1 atom stereocenters. The highest BCUT2D eigenvalue weighted by atomic mass is 79.9. The Hall–Kier alpha value is -2.26. The van der Waals surface area contributed by atoms with Crippen LogP contribution in [-0.4, -0.2) is 22.9 Å². The molecule has 0 aliphatic heterocycles. The summed E-state index contributed by atoms with van der Waals surface area (Å²) in [4.78, 5) is 35.8. The Morgan fingerprint density at radius 1 is 1.27 bits per heavy atom. The number of hydrogen-bond acceptors (Lipinski definition) is 6. The van der Waals surface area contributed by atoms with Crippen LogP contribution in [0.4, 0.5) is 5.69 Å². The number of para-hydroxylation sites is 1. The Morgan fingerprint density at radius 2 is 1.96 bits per heavy atom. The molecule has 9 heteroatoms. The zero-order chi connectivity index (χ0) is 19.3. The summed E-state index contributed by atoms with van der Waals surface area (Å²) in [6.07, 6.45) is -0.528. The average Bonchev–Trinajstić information content (AvgIpc) is 3.00. The molecule has 1 unspecified atom stereocenters. The smallest absolute Gasteiger partial charge is 0.308 e. The summed E-state index contributed by atoms with van der Waals surface area (Å²) in [5.41, 5.74) is 0.0877. The molecule has 138 valence electrons. The molecule has 0 bridgehead atoms. The minimum atomic E-state index is -0.878. The fourth-order valence-electron chi connectivity index (χ4n) is 2.33. The lowest BCUT2D eigenvalue weighted by molar-refractivity contribution is -0.385. The number of nitrogens with one attached hydrogen (secondary N) is 1. The van der Waals surface area contributed by atoms with E-state index in [1.165, 1.54) is 29.5 Å². The Morgan fingerprint density at radius 3 is 2.54 bits per heavy atom. The van der Waals surface area contributed by atoms with E-state index >= 15 is 0 Å². The van der Waals surface area contributed by atoms with E-state index in [1.54, 1.807) is 32.0 Å². The van der Waals surface area contributed by atoms with Crippen LogP contribution in [0.15, 0.2) is 40.2 Å². The second kappa shape index (κ2) is 8.91. The van der Waals surface area contributed by atoms with Gasteiger partial charge < -0.3 is 10.1 Å². The van der Waals surface area contributed by atoms with Gasteiger partial charge in [-0.25, -0.2) is 0 Å². The van der Waals surface area contributed by atoms with Crippen molar-refractivity contribution in [2.24, 2.45) is 0 Å². The third kappa shape index (κ3) is 5.37. The van der Waals surface area contributed by atoms with E-state index in [1.807, 2.05) is 0 Å². The fourth-order valence-corrected chi connectivity index (χ4v) is 3.62. The molecule has 0 saturated carbocycles. The van der Waals surface area contributed by atoms with Crippen LogP contribution in [0.1, 0.15) is 41.5 Å². The first-order chi connectivity index (χ1) is 12.3. The van der Waals surface area contributed by atoms with Crippen LogP contribution in [0.5, 0.6) is 0 Å². The maximum atomic E-state index is 12.5. The summed E-state index contributed by atoms with van der Waals surface area (Å²) in [5.74, 6) is -0.961. The molecule has 1 heterocycles. The van der Waals surface area contributed by atoms with Crippen LogP contribution in [0.25, 0.3) is 0 Å². The Balaban J connectivity index is 2.31. The molecule has 1 aromatic carbocycles. The third-order valence-corrected chi connectivity index (χ3v) is 4.97. The number of carbonyl (C=O) groups excluding carboxylic acids is 2. The van der Waals surface area contributed by atoms with Crippen molar-refractivity contribution in [1.82, 2.24) is 5.32 Å². The van der Waals surface area contributed by atoms with Gasteiger partial charge in [-0.3, -0.25) is 19.7 Å². The van der Waals surface area contributed by atoms with Crippen molar-refractivity contribution in [1.29, 1.82) is 0 Å². The minimum Gasteiger partial charge on any atom is -0.463 e. The van der Waals surface area contributed by atoms with E-state index < -0.39 is 22.8 Å². The summed E-state index contributed by atoms with van der Waals surface area (Å²) in [6, 6.07) is 8.50. The van der Waals surface area contributed by atoms with E-state index in [4.69, 9.17) is 4.74 Å². The molecule has 0 aliphatic carbocycles. The molecule has 0 saturated heterocycles. The van der Waals surface area contributed by atoms with E-state index in [-0.39, 0.29) is 23.8 Å². The van der Waals surface area contributed by atoms with Gasteiger partial charge in [0.2, 0.25) is 0 Å². The number of esters is 1. The lowest BCUT2D eigenvalue weighted by atomic mass is 10.0. The van der Waals surface area contributed by atoms with E-state index in [2.05, 4.69) is 21.2 Å². The molecular weight excluding hydrogens is 424 g/mol. The highest BCUT2D eigenvalue weighted by Gasteiger charge is 2.27. The number of hydrogen-bond donors (Lipinski definition) is 1. The average molecular weight is 441 g/mol. The van der Waals surface area contributed by atoms with Crippen LogP contribution >= 0.6 is 27.3 Å². The standard InChI is InChI=1S/C17H17BrN2O5S/c1-10(2)25-16(21)9-12(11-5-3-4-6-13(11)20(23)24)19-17(22)14-7-8-15(18)26-14/h3-8,10,12H,9H2,1-2H3,(H,19,22). The lowest BCUT2D eigenvalue weighted by Gasteiger charge is -2.19. The van der Waals surface area contributed by atoms with Crippen molar-refractivity contribution in [3.63, 3.8) is 0 Å². The Kier molecular flexibility index (Phi) is 6.87. The van der Waals surface area contributed by atoms with Crippen LogP contribution in [-0.2, 0) is 9.53 Å². The number of rotatable bonds is 7. The maximum Gasteiger partial charge on any atom is 0.308 e.